The molecule has 0 atom stereocenters. The molecule has 8 nitrogen and oxygen atoms in total. The number of anilines is 1. The summed E-state index contributed by atoms with van der Waals surface area (Å²) in [7, 11) is 0. The Labute approximate surface area is 164 Å². The van der Waals surface area contributed by atoms with Gasteiger partial charge in [-0.2, -0.15) is 5.26 Å². The number of non-ortho nitro benzene ring substituents is 1. The lowest BCUT2D eigenvalue weighted by molar-refractivity contribution is -0.384. The van der Waals surface area contributed by atoms with Crippen LogP contribution in [0.4, 0.5) is 10.7 Å². The lowest BCUT2D eigenvalue weighted by Gasteiger charge is -2.11. The van der Waals surface area contributed by atoms with Gasteiger partial charge in [-0.15, -0.1) is 11.3 Å². The number of rotatable bonds is 5. The zero-order valence-corrected chi connectivity index (χ0v) is 15.5. The molecule has 2 amide bonds. The number of primary amides is 1. The second kappa shape index (κ2) is 8.02. The maximum atomic E-state index is 12.6. The van der Waals surface area contributed by atoms with Gasteiger partial charge < -0.3 is 11.1 Å². The smallest absolute Gasteiger partial charge is 0.269 e. The molecular weight excluding hydrogens is 380 g/mol. The van der Waals surface area contributed by atoms with Gasteiger partial charge in [0.15, 0.2) is 0 Å². The summed E-state index contributed by atoms with van der Waals surface area (Å²) in [5.41, 5.74) is 6.92. The summed E-state index contributed by atoms with van der Waals surface area (Å²) in [6.07, 6.45) is 4.88. The van der Waals surface area contributed by atoms with E-state index in [2.05, 4.69) is 5.32 Å². The summed E-state index contributed by atoms with van der Waals surface area (Å²) in [5.74, 6) is -1.27. The minimum absolute atomic E-state index is 0.0876. The molecule has 0 spiro atoms. The summed E-state index contributed by atoms with van der Waals surface area (Å²) >= 11 is 1.31. The maximum Gasteiger partial charge on any atom is 0.269 e. The predicted octanol–water partition coefficient (Wildman–Crippen LogP) is 3.18. The molecule has 1 aromatic carbocycles. The predicted molar refractivity (Wildman–Crippen MR) is 105 cm³/mol. The van der Waals surface area contributed by atoms with Crippen molar-refractivity contribution >= 4 is 39.9 Å². The van der Waals surface area contributed by atoms with Crippen LogP contribution < -0.4 is 11.1 Å². The van der Waals surface area contributed by atoms with Crippen molar-refractivity contribution < 1.29 is 14.5 Å². The average Bonchev–Trinajstić information content (AvgIpc) is 3.04. The first-order chi connectivity index (χ1) is 13.4. The highest BCUT2D eigenvalue weighted by Crippen LogP contribution is 2.38. The Kier molecular flexibility index (Phi) is 5.52. The maximum absolute atomic E-state index is 12.6. The van der Waals surface area contributed by atoms with E-state index in [4.69, 9.17) is 5.73 Å². The van der Waals surface area contributed by atoms with E-state index < -0.39 is 16.7 Å². The van der Waals surface area contributed by atoms with Gasteiger partial charge in [0, 0.05) is 17.0 Å². The van der Waals surface area contributed by atoms with Crippen molar-refractivity contribution in [3.05, 3.63) is 61.5 Å². The fourth-order valence-electron chi connectivity index (χ4n) is 3.09. The summed E-state index contributed by atoms with van der Waals surface area (Å²) < 4.78 is 0. The van der Waals surface area contributed by atoms with Gasteiger partial charge in [0.05, 0.1) is 10.5 Å². The zero-order chi connectivity index (χ0) is 20.3. The van der Waals surface area contributed by atoms with Crippen LogP contribution in [-0.4, -0.2) is 16.7 Å². The van der Waals surface area contributed by atoms with E-state index in [9.17, 15) is 25.0 Å². The molecule has 142 valence electrons. The molecule has 0 fully saturated rings. The standard InChI is InChI=1S/C19H16N4O4S/c20-10-12(9-11-5-7-13(8-6-11)23(26)27)18(25)22-19-16(17(21)24)14-3-1-2-4-15(14)28-19/h5-9H,1-4H2,(H2,21,24)(H,22,25)/b12-9-. The zero-order valence-electron chi connectivity index (χ0n) is 14.7. The minimum atomic E-state index is -0.665. The van der Waals surface area contributed by atoms with Crippen LogP contribution in [0.1, 0.15) is 39.2 Å². The van der Waals surface area contributed by atoms with Gasteiger partial charge in [0.2, 0.25) is 0 Å². The largest absolute Gasteiger partial charge is 0.365 e. The number of thiophene rings is 1. The third kappa shape index (κ3) is 3.92. The molecule has 1 aliphatic carbocycles. The number of amides is 2. The van der Waals surface area contributed by atoms with Gasteiger partial charge in [-0.3, -0.25) is 19.7 Å². The number of nitriles is 1. The Morgan fingerprint density at radius 2 is 1.93 bits per heavy atom. The normalized spacial score (nSPS) is 13.3. The summed E-state index contributed by atoms with van der Waals surface area (Å²) in [6.45, 7) is 0. The molecule has 0 aliphatic heterocycles. The van der Waals surface area contributed by atoms with Gasteiger partial charge >= 0.3 is 0 Å². The number of hydrogen-bond donors (Lipinski definition) is 2. The van der Waals surface area contributed by atoms with Crippen LogP contribution in [0, 0.1) is 21.4 Å². The van der Waals surface area contributed by atoms with E-state index in [1.165, 1.54) is 41.7 Å². The molecule has 28 heavy (non-hydrogen) atoms. The number of nitrogens with two attached hydrogens (primary N) is 1. The molecular formula is C19H16N4O4S. The van der Waals surface area contributed by atoms with Crippen molar-refractivity contribution in [3.63, 3.8) is 0 Å². The highest BCUT2D eigenvalue weighted by atomic mass is 32.1. The first kappa shape index (κ1) is 19.3. The highest BCUT2D eigenvalue weighted by molar-refractivity contribution is 7.17. The number of carbonyl (C=O) groups is 2. The molecule has 0 bridgehead atoms. The van der Waals surface area contributed by atoms with Crippen LogP contribution in [0.15, 0.2) is 29.8 Å². The number of benzene rings is 1. The molecule has 1 aromatic heterocycles. The number of nitrogens with zero attached hydrogens (tertiary/aromatic N) is 2. The van der Waals surface area contributed by atoms with Gasteiger partial charge in [0.1, 0.15) is 16.6 Å². The van der Waals surface area contributed by atoms with Crippen LogP contribution in [-0.2, 0) is 17.6 Å². The first-order valence-electron chi connectivity index (χ1n) is 8.52. The van der Waals surface area contributed by atoms with Crippen LogP contribution in [0.2, 0.25) is 0 Å². The number of aryl methyl sites for hydroxylation is 1. The number of hydrogen-bond acceptors (Lipinski definition) is 6. The summed E-state index contributed by atoms with van der Waals surface area (Å²) in [6, 6.07) is 7.29. The lowest BCUT2D eigenvalue weighted by atomic mass is 9.95. The second-order valence-electron chi connectivity index (χ2n) is 6.25. The van der Waals surface area contributed by atoms with Crippen molar-refractivity contribution in [2.45, 2.75) is 25.7 Å². The highest BCUT2D eigenvalue weighted by Gasteiger charge is 2.25. The number of nitrogens with one attached hydrogen (secondary N) is 1. The third-order valence-electron chi connectivity index (χ3n) is 4.42. The van der Waals surface area contributed by atoms with Gasteiger partial charge in [0.25, 0.3) is 17.5 Å². The molecule has 0 saturated carbocycles. The van der Waals surface area contributed by atoms with Gasteiger partial charge in [-0.25, -0.2) is 0 Å². The number of nitro groups is 1. The Hall–Kier alpha value is -3.51. The molecule has 3 N–H and O–H groups in total. The molecule has 3 rings (SSSR count). The number of fused-ring (bicyclic) bond motifs is 1. The van der Waals surface area contributed by atoms with Crippen LogP contribution in [0.5, 0.6) is 0 Å². The van der Waals surface area contributed by atoms with Gasteiger partial charge in [-0.05, 0) is 55.0 Å². The Balaban J connectivity index is 1.87. The third-order valence-corrected chi connectivity index (χ3v) is 5.63. The molecule has 0 saturated heterocycles. The molecule has 0 radical (unpaired) electrons. The van der Waals surface area contributed by atoms with Crippen molar-refractivity contribution in [1.82, 2.24) is 0 Å². The topological polar surface area (TPSA) is 139 Å². The van der Waals surface area contributed by atoms with Gasteiger partial charge in [-0.1, -0.05) is 0 Å². The molecule has 2 aromatic rings. The molecule has 9 heteroatoms. The summed E-state index contributed by atoms with van der Waals surface area (Å²) in [5, 5.41) is 23.0. The van der Waals surface area contributed by atoms with Crippen LogP contribution in [0.25, 0.3) is 6.08 Å². The number of nitro benzene ring substituents is 1. The fraction of sp³-hybridized carbons (Fsp3) is 0.211. The Bertz CT molecular complexity index is 1030. The molecule has 1 heterocycles. The Morgan fingerprint density at radius 3 is 2.54 bits per heavy atom. The van der Waals surface area contributed by atoms with Crippen molar-refractivity contribution in [2.75, 3.05) is 5.32 Å². The lowest BCUT2D eigenvalue weighted by Crippen LogP contribution is -2.19. The average molecular weight is 396 g/mol. The van der Waals surface area contributed by atoms with E-state index in [1.807, 2.05) is 6.07 Å². The van der Waals surface area contributed by atoms with Crippen molar-refractivity contribution in [1.29, 1.82) is 5.26 Å². The molecule has 1 aliphatic rings. The van der Waals surface area contributed by atoms with Crippen molar-refractivity contribution in [2.24, 2.45) is 5.73 Å². The molecule has 0 unspecified atom stereocenters. The van der Waals surface area contributed by atoms with E-state index in [1.54, 1.807) is 0 Å². The number of carbonyl (C=O) groups excluding carboxylic acids is 2. The van der Waals surface area contributed by atoms with E-state index in [0.717, 1.165) is 36.1 Å². The SMILES string of the molecule is N#C/C(=C/c1ccc([N+](=O)[O-])cc1)C(=O)Nc1sc2c(c1C(N)=O)CCCC2. The van der Waals surface area contributed by atoms with E-state index >= 15 is 0 Å². The van der Waals surface area contributed by atoms with E-state index in [-0.39, 0.29) is 11.3 Å². The summed E-state index contributed by atoms with van der Waals surface area (Å²) in [4.78, 5) is 35.7. The van der Waals surface area contributed by atoms with E-state index in [0.29, 0.717) is 16.1 Å². The minimum Gasteiger partial charge on any atom is -0.365 e. The Morgan fingerprint density at radius 1 is 1.25 bits per heavy atom. The quantitative estimate of drug-likeness (QED) is 0.346. The second-order valence-corrected chi connectivity index (χ2v) is 7.36. The monoisotopic (exact) mass is 396 g/mol. The first-order valence-corrected chi connectivity index (χ1v) is 9.34. The fourth-order valence-corrected chi connectivity index (χ4v) is 4.38. The van der Waals surface area contributed by atoms with Crippen LogP contribution in [0.3, 0.4) is 0 Å². The van der Waals surface area contributed by atoms with Crippen molar-refractivity contribution in [3.8, 4) is 6.07 Å². The van der Waals surface area contributed by atoms with Crippen LogP contribution >= 0.6 is 11.3 Å².